The molecule has 1 unspecified atom stereocenters. The summed E-state index contributed by atoms with van der Waals surface area (Å²) >= 11 is 0. The van der Waals surface area contributed by atoms with Gasteiger partial charge < -0.3 is 0 Å². The van der Waals surface area contributed by atoms with Gasteiger partial charge in [0.15, 0.2) is 0 Å². The van der Waals surface area contributed by atoms with E-state index in [1.807, 2.05) is 30.3 Å². The van der Waals surface area contributed by atoms with Crippen LogP contribution in [-0.4, -0.2) is 14.7 Å². The van der Waals surface area contributed by atoms with Crippen molar-refractivity contribution in [2.24, 2.45) is 0 Å². The van der Waals surface area contributed by atoms with Gasteiger partial charge in [0.2, 0.25) is 0 Å². The van der Waals surface area contributed by atoms with E-state index < -0.39 is 4.92 Å². The number of benzene rings is 1. The van der Waals surface area contributed by atoms with E-state index in [-0.39, 0.29) is 11.6 Å². The average Bonchev–Trinajstić information content (AvgIpc) is 2.86. The first kappa shape index (κ1) is 11.8. The summed E-state index contributed by atoms with van der Waals surface area (Å²) in [6, 6.07) is 11.5. The SMILES string of the molecule is N#CC(Cn1cc([N+](=O)[O-])cn1)c1ccccc1. The maximum Gasteiger partial charge on any atom is 0.306 e. The first-order valence-electron chi connectivity index (χ1n) is 5.32. The quantitative estimate of drug-likeness (QED) is 0.607. The number of nitrogens with zero attached hydrogens (tertiary/aromatic N) is 4. The van der Waals surface area contributed by atoms with Crippen molar-refractivity contribution in [3.8, 4) is 6.07 Å². The van der Waals surface area contributed by atoms with Gasteiger partial charge in [0.1, 0.15) is 12.4 Å². The summed E-state index contributed by atoms with van der Waals surface area (Å²) in [5.41, 5.74) is 0.804. The van der Waals surface area contributed by atoms with Crippen molar-refractivity contribution in [3.05, 3.63) is 58.4 Å². The van der Waals surface area contributed by atoms with Crippen LogP contribution < -0.4 is 0 Å². The number of nitro groups is 1. The van der Waals surface area contributed by atoms with E-state index in [0.717, 1.165) is 5.56 Å². The zero-order valence-corrected chi connectivity index (χ0v) is 9.43. The molecule has 0 aliphatic rings. The minimum Gasteiger partial charge on any atom is -0.264 e. The van der Waals surface area contributed by atoms with E-state index in [1.54, 1.807) is 0 Å². The van der Waals surface area contributed by atoms with Gasteiger partial charge in [0, 0.05) is 0 Å². The Morgan fingerprint density at radius 1 is 1.44 bits per heavy atom. The Morgan fingerprint density at radius 3 is 2.72 bits per heavy atom. The van der Waals surface area contributed by atoms with Gasteiger partial charge in [-0.3, -0.25) is 14.8 Å². The van der Waals surface area contributed by atoms with Crippen LogP contribution in [0.1, 0.15) is 11.5 Å². The van der Waals surface area contributed by atoms with E-state index in [4.69, 9.17) is 5.26 Å². The molecular formula is C12H10N4O2. The van der Waals surface area contributed by atoms with Crippen LogP contribution in [0.3, 0.4) is 0 Å². The Bertz CT molecular complexity index is 586. The van der Waals surface area contributed by atoms with Crippen LogP contribution in [0, 0.1) is 21.4 Å². The van der Waals surface area contributed by atoms with Crippen LogP contribution >= 0.6 is 0 Å². The topological polar surface area (TPSA) is 84.8 Å². The normalized spacial score (nSPS) is 11.7. The first-order valence-corrected chi connectivity index (χ1v) is 5.32. The Balaban J connectivity index is 2.16. The van der Waals surface area contributed by atoms with Gasteiger partial charge in [-0.25, -0.2) is 0 Å². The molecule has 1 heterocycles. The number of nitriles is 1. The molecule has 6 heteroatoms. The van der Waals surface area contributed by atoms with Crippen LogP contribution in [0.25, 0.3) is 0 Å². The highest BCUT2D eigenvalue weighted by Gasteiger charge is 2.14. The van der Waals surface area contributed by atoms with Crippen molar-refractivity contribution < 1.29 is 4.92 Å². The van der Waals surface area contributed by atoms with Crippen molar-refractivity contribution in [2.45, 2.75) is 12.5 Å². The molecule has 0 radical (unpaired) electrons. The molecule has 1 aromatic heterocycles. The summed E-state index contributed by atoms with van der Waals surface area (Å²) in [6.07, 6.45) is 2.51. The fourth-order valence-corrected chi connectivity index (χ4v) is 1.64. The minimum absolute atomic E-state index is 0.0697. The molecular weight excluding hydrogens is 232 g/mol. The molecule has 0 aliphatic carbocycles. The van der Waals surface area contributed by atoms with E-state index >= 15 is 0 Å². The third-order valence-electron chi connectivity index (χ3n) is 2.56. The highest BCUT2D eigenvalue weighted by Crippen LogP contribution is 2.18. The summed E-state index contributed by atoms with van der Waals surface area (Å²) in [5, 5.41) is 23.5. The molecule has 1 aromatic carbocycles. The number of hydrogen-bond donors (Lipinski definition) is 0. The molecule has 18 heavy (non-hydrogen) atoms. The maximum absolute atomic E-state index is 10.5. The predicted octanol–water partition coefficient (Wildman–Crippen LogP) is 2.10. The average molecular weight is 242 g/mol. The molecule has 0 spiro atoms. The van der Waals surface area contributed by atoms with E-state index in [0.29, 0.717) is 6.54 Å². The van der Waals surface area contributed by atoms with Crippen LogP contribution in [0.4, 0.5) is 5.69 Å². The molecule has 2 aromatic rings. The Morgan fingerprint density at radius 2 is 2.17 bits per heavy atom. The van der Waals surface area contributed by atoms with Crippen molar-refractivity contribution in [1.82, 2.24) is 9.78 Å². The molecule has 0 aliphatic heterocycles. The first-order chi connectivity index (χ1) is 8.70. The highest BCUT2D eigenvalue weighted by atomic mass is 16.6. The molecule has 1 atom stereocenters. The summed E-state index contributed by atoms with van der Waals surface area (Å²) in [5.74, 6) is -0.370. The largest absolute Gasteiger partial charge is 0.306 e. The molecule has 2 rings (SSSR count). The van der Waals surface area contributed by atoms with Gasteiger partial charge in [0.05, 0.1) is 23.5 Å². The molecule has 0 saturated carbocycles. The summed E-state index contributed by atoms with van der Waals surface area (Å²) < 4.78 is 1.42. The smallest absolute Gasteiger partial charge is 0.264 e. The standard InChI is InChI=1S/C12H10N4O2/c13-6-11(10-4-2-1-3-5-10)8-15-9-12(7-14-15)16(17)18/h1-5,7,9,11H,8H2. The van der Waals surface area contributed by atoms with Crippen LogP contribution in [0.2, 0.25) is 0 Å². The van der Waals surface area contributed by atoms with Gasteiger partial charge in [-0.2, -0.15) is 10.4 Å². The van der Waals surface area contributed by atoms with Crippen molar-refractivity contribution in [1.29, 1.82) is 5.26 Å². The lowest BCUT2D eigenvalue weighted by atomic mass is 10.0. The molecule has 6 nitrogen and oxygen atoms in total. The van der Waals surface area contributed by atoms with Crippen LogP contribution in [-0.2, 0) is 6.54 Å². The fraction of sp³-hybridized carbons (Fsp3) is 0.167. The lowest BCUT2D eigenvalue weighted by molar-refractivity contribution is -0.385. The van der Waals surface area contributed by atoms with E-state index in [9.17, 15) is 10.1 Å². The third-order valence-corrected chi connectivity index (χ3v) is 2.56. The lowest BCUT2D eigenvalue weighted by Gasteiger charge is -2.08. The summed E-state index contributed by atoms with van der Waals surface area (Å²) in [7, 11) is 0. The second kappa shape index (κ2) is 5.10. The molecule has 0 saturated heterocycles. The molecule has 0 fully saturated rings. The van der Waals surface area contributed by atoms with Gasteiger partial charge in [-0.05, 0) is 5.56 Å². The zero-order valence-electron chi connectivity index (χ0n) is 9.43. The van der Waals surface area contributed by atoms with Crippen molar-refractivity contribution in [2.75, 3.05) is 0 Å². The van der Waals surface area contributed by atoms with Gasteiger partial charge in [-0.1, -0.05) is 30.3 Å². The second-order valence-electron chi connectivity index (χ2n) is 3.77. The molecule has 0 bridgehead atoms. The Hall–Kier alpha value is -2.68. The highest BCUT2D eigenvalue weighted by molar-refractivity contribution is 5.25. The third kappa shape index (κ3) is 2.52. The molecule has 0 amide bonds. The Labute approximate surface area is 103 Å². The number of rotatable bonds is 4. The van der Waals surface area contributed by atoms with Crippen molar-refractivity contribution in [3.63, 3.8) is 0 Å². The predicted molar refractivity (Wildman–Crippen MR) is 63.7 cm³/mol. The molecule has 0 N–H and O–H groups in total. The van der Waals surface area contributed by atoms with Gasteiger partial charge in [0.25, 0.3) is 0 Å². The van der Waals surface area contributed by atoms with Crippen LogP contribution in [0.5, 0.6) is 0 Å². The maximum atomic E-state index is 10.5. The second-order valence-corrected chi connectivity index (χ2v) is 3.77. The van der Waals surface area contributed by atoms with Crippen molar-refractivity contribution >= 4 is 5.69 Å². The van der Waals surface area contributed by atoms with Crippen LogP contribution in [0.15, 0.2) is 42.7 Å². The number of aromatic nitrogens is 2. The van der Waals surface area contributed by atoms with E-state index in [1.165, 1.54) is 17.1 Å². The van der Waals surface area contributed by atoms with E-state index in [2.05, 4.69) is 11.2 Å². The monoisotopic (exact) mass is 242 g/mol. The fourth-order valence-electron chi connectivity index (χ4n) is 1.64. The number of hydrogen-bond acceptors (Lipinski definition) is 4. The Kier molecular flexibility index (Phi) is 3.34. The minimum atomic E-state index is -0.507. The molecule has 90 valence electrons. The summed E-state index contributed by atoms with van der Waals surface area (Å²) in [4.78, 5) is 10.0. The summed E-state index contributed by atoms with van der Waals surface area (Å²) in [6.45, 7) is 0.300. The lowest BCUT2D eigenvalue weighted by Crippen LogP contribution is -2.07. The van der Waals surface area contributed by atoms with Gasteiger partial charge >= 0.3 is 5.69 Å². The zero-order chi connectivity index (χ0) is 13.0. The van der Waals surface area contributed by atoms with Gasteiger partial charge in [-0.15, -0.1) is 0 Å².